The number of amides is 1. The molecule has 0 aromatic rings. The summed E-state index contributed by atoms with van der Waals surface area (Å²) >= 11 is 0. The van der Waals surface area contributed by atoms with Gasteiger partial charge in [-0.1, -0.05) is 145 Å². The molecule has 58 heavy (non-hydrogen) atoms. The topological polar surface area (TPSA) is 212 Å². The largest absolute Gasteiger partial charge is 0.397 e. The SMILES string of the molecule is CCCCCCCC/C=C\C/C=C\CC(O)C(=O)NC(COC1OC(CO)C(O)C(OS(=O)(=O)O)C1O)C(O)/C=C/CC/C=C/CC/C=C/CCCCCCCCC. The first-order valence-corrected chi connectivity index (χ1v) is 23.1. The van der Waals surface area contributed by atoms with Gasteiger partial charge in [0.25, 0.3) is 0 Å². The van der Waals surface area contributed by atoms with Crippen molar-refractivity contribution in [1.29, 1.82) is 0 Å². The van der Waals surface area contributed by atoms with Gasteiger partial charge in [0.15, 0.2) is 6.29 Å². The molecule has 0 aromatic carbocycles. The van der Waals surface area contributed by atoms with Crippen molar-refractivity contribution in [3.05, 3.63) is 60.8 Å². The van der Waals surface area contributed by atoms with Crippen LogP contribution >= 0.6 is 0 Å². The molecule has 1 fully saturated rings. The molecule has 336 valence electrons. The molecule has 1 heterocycles. The standard InChI is InChI=1S/C44H77NO12S/c1-3-5-7-9-11-13-15-17-18-19-20-21-23-24-26-28-30-32-37(47)36(35-55-44-41(50)42(57-58(52,53)54)40(49)39(34-46)56-44)45-43(51)38(48)33-31-29-27-25-22-16-14-12-10-8-6-4-2/h18-19,22-25,29-32,36-42,44,46-50H,3-17,20-21,26-28,33-35H2,1-2H3,(H,45,51)(H,52,53,54)/b19-18+,24-23+,25-22-,31-29-,32-30+. The molecule has 13 nitrogen and oxygen atoms in total. The third kappa shape index (κ3) is 26.8. The third-order valence-electron chi connectivity index (χ3n) is 9.87. The zero-order valence-corrected chi connectivity index (χ0v) is 36.0. The number of rotatable bonds is 35. The van der Waals surface area contributed by atoms with Gasteiger partial charge in [0.05, 0.1) is 25.4 Å². The van der Waals surface area contributed by atoms with Crippen molar-refractivity contribution in [2.45, 2.75) is 198 Å². The minimum absolute atomic E-state index is 0.0209. The summed E-state index contributed by atoms with van der Waals surface area (Å²) in [5.74, 6) is -0.787. The number of carbonyl (C=O) groups is 1. The Morgan fingerprint density at radius 3 is 1.76 bits per heavy atom. The first-order chi connectivity index (χ1) is 27.9. The highest BCUT2D eigenvalue weighted by molar-refractivity contribution is 7.80. The molecule has 0 aliphatic carbocycles. The molecule has 1 rings (SSSR count). The predicted molar refractivity (Wildman–Crippen MR) is 228 cm³/mol. The number of hydrogen-bond donors (Lipinski definition) is 7. The lowest BCUT2D eigenvalue weighted by molar-refractivity contribution is -0.298. The lowest BCUT2D eigenvalue weighted by Gasteiger charge is -2.41. The van der Waals surface area contributed by atoms with Crippen molar-refractivity contribution in [2.75, 3.05) is 13.2 Å². The van der Waals surface area contributed by atoms with Crippen molar-refractivity contribution in [3.8, 4) is 0 Å². The van der Waals surface area contributed by atoms with E-state index in [-0.39, 0.29) is 6.42 Å². The summed E-state index contributed by atoms with van der Waals surface area (Å²) in [5, 5.41) is 54.9. The molecule has 0 spiro atoms. The molecule has 7 N–H and O–H groups in total. The molecular formula is C44H77NO12S. The number of nitrogens with one attached hydrogen (secondary N) is 1. The van der Waals surface area contributed by atoms with Gasteiger partial charge < -0.3 is 40.3 Å². The van der Waals surface area contributed by atoms with E-state index in [2.05, 4.69) is 53.7 Å². The van der Waals surface area contributed by atoms with Gasteiger partial charge in [-0.25, -0.2) is 4.18 Å². The molecule has 1 amide bonds. The number of carbonyl (C=O) groups excluding carboxylic acids is 1. The number of aliphatic hydroxyl groups excluding tert-OH is 5. The van der Waals surface area contributed by atoms with Crippen molar-refractivity contribution < 1.29 is 57.0 Å². The van der Waals surface area contributed by atoms with E-state index in [1.54, 1.807) is 12.2 Å². The number of ether oxygens (including phenoxy) is 2. The van der Waals surface area contributed by atoms with E-state index >= 15 is 0 Å². The highest BCUT2D eigenvalue weighted by Crippen LogP contribution is 2.26. The highest BCUT2D eigenvalue weighted by Gasteiger charge is 2.48. The van der Waals surface area contributed by atoms with Crippen LogP contribution in [-0.2, 0) is 28.9 Å². The Morgan fingerprint density at radius 1 is 0.707 bits per heavy atom. The minimum Gasteiger partial charge on any atom is -0.394 e. The average molecular weight is 844 g/mol. The second-order valence-corrected chi connectivity index (χ2v) is 16.1. The van der Waals surface area contributed by atoms with Crippen LogP contribution in [0.25, 0.3) is 0 Å². The average Bonchev–Trinajstić information content (AvgIpc) is 3.19. The Bertz CT molecular complexity index is 1290. The molecule has 8 atom stereocenters. The zero-order valence-electron chi connectivity index (χ0n) is 35.2. The van der Waals surface area contributed by atoms with Gasteiger partial charge in [0, 0.05) is 6.42 Å². The first-order valence-electron chi connectivity index (χ1n) is 21.8. The van der Waals surface area contributed by atoms with E-state index in [1.165, 1.54) is 83.1 Å². The van der Waals surface area contributed by atoms with E-state index < -0.39 is 78.5 Å². The Hall–Kier alpha value is -2.24. The molecule has 0 radical (unpaired) electrons. The zero-order chi connectivity index (χ0) is 42.9. The highest BCUT2D eigenvalue weighted by atomic mass is 32.3. The van der Waals surface area contributed by atoms with Crippen LogP contribution < -0.4 is 5.32 Å². The van der Waals surface area contributed by atoms with Gasteiger partial charge in [0.2, 0.25) is 5.91 Å². The summed E-state index contributed by atoms with van der Waals surface area (Å²) in [7, 11) is -5.13. The molecule has 1 aliphatic rings. The second kappa shape index (κ2) is 34.5. The predicted octanol–water partition coefficient (Wildman–Crippen LogP) is 6.85. The fraction of sp³-hybridized carbons (Fsp3) is 0.750. The number of hydrogen-bond acceptors (Lipinski definition) is 11. The fourth-order valence-corrected chi connectivity index (χ4v) is 6.87. The van der Waals surface area contributed by atoms with Gasteiger partial charge in [-0.15, -0.1) is 0 Å². The molecule has 1 saturated heterocycles. The maximum atomic E-state index is 13.0. The number of unbranched alkanes of at least 4 members (excludes halogenated alkanes) is 15. The Balaban J connectivity index is 2.72. The third-order valence-corrected chi connectivity index (χ3v) is 10.3. The minimum atomic E-state index is -5.13. The van der Waals surface area contributed by atoms with E-state index in [0.29, 0.717) is 12.8 Å². The quantitative estimate of drug-likeness (QED) is 0.0198. The van der Waals surface area contributed by atoms with Gasteiger partial charge in [-0.3, -0.25) is 9.35 Å². The van der Waals surface area contributed by atoms with Gasteiger partial charge in [0.1, 0.15) is 30.5 Å². The van der Waals surface area contributed by atoms with Crippen LogP contribution in [0, 0.1) is 0 Å². The van der Waals surface area contributed by atoms with Gasteiger partial charge in [-0.05, 0) is 57.8 Å². The summed E-state index contributed by atoms with van der Waals surface area (Å²) in [6.07, 6.45) is 30.5. The van der Waals surface area contributed by atoms with Gasteiger partial charge >= 0.3 is 10.4 Å². The summed E-state index contributed by atoms with van der Waals surface area (Å²) in [4.78, 5) is 13.0. The second-order valence-electron chi connectivity index (χ2n) is 15.1. The van der Waals surface area contributed by atoms with Crippen LogP contribution in [0.15, 0.2) is 60.8 Å². The Kier molecular flexibility index (Phi) is 32.0. The van der Waals surface area contributed by atoms with Crippen molar-refractivity contribution in [3.63, 3.8) is 0 Å². The monoisotopic (exact) mass is 844 g/mol. The maximum absolute atomic E-state index is 13.0. The molecule has 0 aromatic heterocycles. The lowest BCUT2D eigenvalue weighted by atomic mass is 9.99. The van der Waals surface area contributed by atoms with Crippen LogP contribution in [0.1, 0.15) is 149 Å². The van der Waals surface area contributed by atoms with Crippen molar-refractivity contribution in [1.82, 2.24) is 5.32 Å². The molecular weight excluding hydrogens is 767 g/mol. The molecule has 14 heteroatoms. The van der Waals surface area contributed by atoms with Crippen LogP contribution in [0.2, 0.25) is 0 Å². The smallest absolute Gasteiger partial charge is 0.394 e. The van der Waals surface area contributed by atoms with Crippen LogP contribution in [0.3, 0.4) is 0 Å². The van der Waals surface area contributed by atoms with Crippen molar-refractivity contribution >= 4 is 16.3 Å². The van der Waals surface area contributed by atoms with E-state index in [0.717, 1.165) is 38.5 Å². The summed E-state index contributed by atoms with van der Waals surface area (Å²) in [5.41, 5.74) is 0. The number of aliphatic hydroxyl groups is 5. The maximum Gasteiger partial charge on any atom is 0.397 e. The van der Waals surface area contributed by atoms with Crippen molar-refractivity contribution in [2.24, 2.45) is 0 Å². The first kappa shape index (κ1) is 53.8. The van der Waals surface area contributed by atoms with E-state index in [4.69, 9.17) is 14.0 Å². The van der Waals surface area contributed by atoms with Crippen LogP contribution in [0.5, 0.6) is 0 Å². The normalized spacial score (nSPS) is 22.2. The lowest BCUT2D eigenvalue weighted by Crippen LogP contribution is -2.61. The van der Waals surface area contributed by atoms with E-state index in [9.17, 15) is 38.7 Å². The van der Waals surface area contributed by atoms with Crippen LogP contribution in [0.4, 0.5) is 0 Å². The van der Waals surface area contributed by atoms with Crippen LogP contribution in [-0.4, -0.2) is 107 Å². The molecule has 0 bridgehead atoms. The summed E-state index contributed by atoms with van der Waals surface area (Å²) in [6.45, 7) is 3.11. The fourth-order valence-electron chi connectivity index (χ4n) is 6.36. The van der Waals surface area contributed by atoms with E-state index in [1.807, 2.05) is 12.2 Å². The molecule has 8 unspecified atom stereocenters. The molecule has 0 saturated carbocycles. The summed E-state index contributed by atoms with van der Waals surface area (Å²) < 4.78 is 47.3. The number of allylic oxidation sites excluding steroid dienone is 8. The van der Waals surface area contributed by atoms with Gasteiger partial charge in [-0.2, -0.15) is 8.42 Å². The Labute approximate surface area is 349 Å². The summed E-state index contributed by atoms with van der Waals surface area (Å²) in [6, 6.07) is -1.17. The Morgan fingerprint density at radius 2 is 1.21 bits per heavy atom. The molecule has 1 aliphatic heterocycles.